The number of rotatable bonds is 3. The van der Waals surface area contributed by atoms with Crippen LogP contribution in [-0.2, 0) is 14.3 Å². The fourth-order valence-corrected chi connectivity index (χ4v) is 1.25. The van der Waals surface area contributed by atoms with Gasteiger partial charge in [0.25, 0.3) is 0 Å². The van der Waals surface area contributed by atoms with E-state index in [0.717, 1.165) is 5.56 Å². The van der Waals surface area contributed by atoms with Crippen molar-refractivity contribution in [2.24, 2.45) is 0 Å². The maximum absolute atomic E-state index is 11.7. The van der Waals surface area contributed by atoms with Crippen molar-refractivity contribution >= 4 is 17.6 Å². The minimum Gasteiger partial charge on any atom is -0.466 e. The maximum atomic E-state index is 11.7. The number of aryl methyl sites for hydroxylation is 1. The maximum Gasteiger partial charge on any atom is 0.346 e. The van der Waals surface area contributed by atoms with Gasteiger partial charge in [0.15, 0.2) is 6.10 Å². The number of anilines is 1. The third-order valence-corrected chi connectivity index (χ3v) is 2.32. The zero-order chi connectivity index (χ0) is 13.0. The van der Waals surface area contributed by atoms with Gasteiger partial charge in [-0.1, -0.05) is 0 Å². The predicted octanol–water partition coefficient (Wildman–Crippen LogP) is 1.30. The molecular weight excluding hydrogens is 222 g/mol. The summed E-state index contributed by atoms with van der Waals surface area (Å²) in [6.45, 7) is 3.24. The SMILES string of the molecule is COC(=O)C(C)OC(=O)c1ccc(N)c(C)c1. The second-order valence-corrected chi connectivity index (χ2v) is 3.64. The number of hydrogen-bond donors (Lipinski definition) is 1. The molecule has 5 nitrogen and oxygen atoms in total. The summed E-state index contributed by atoms with van der Waals surface area (Å²) in [4.78, 5) is 22.7. The lowest BCUT2D eigenvalue weighted by atomic mass is 10.1. The predicted molar refractivity (Wildman–Crippen MR) is 62.5 cm³/mol. The zero-order valence-corrected chi connectivity index (χ0v) is 10.0. The third kappa shape index (κ3) is 3.21. The van der Waals surface area contributed by atoms with E-state index in [9.17, 15) is 9.59 Å². The van der Waals surface area contributed by atoms with Crippen molar-refractivity contribution in [3.63, 3.8) is 0 Å². The first-order chi connectivity index (χ1) is 7.95. The molecule has 0 heterocycles. The number of methoxy groups -OCH3 is 1. The molecule has 1 aromatic carbocycles. The number of nitrogens with two attached hydrogens (primary N) is 1. The van der Waals surface area contributed by atoms with Gasteiger partial charge in [0.2, 0.25) is 0 Å². The molecule has 2 N–H and O–H groups in total. The van der Waals surface area contributed by atoms with Crippen LogP contribution in [0.1, 0.15) is 22.8 Å². The van der Waals surface area contributed by atoms with Crippen LogP contribution in [-0.4, -0.2) is 25.2 Å². The lowest BCUT2D eigenvalue weighted by molar-refractivity contribution is -0.149. The fourth-order valence-electron chi connectivity index (χ4n) is 1.25. The van der Waals surface area contributed by atoms with Crippen LogP contribution in [0.2, 0.25) is 0 Å². The largest absolute Gasteiger partial charge is 0.466 e. The molecule has 0 aliphatic carbocycles. The summed E-state index contributed by atoms with van der Waals surface area (Å²) in [7, 11) is 1.24. The second kappa shape index (κ2) is 5.34. The second-order valence-electron chi connectivity index (χ2n) is 3.64. The molecule has 0 aliphatic rings. The number of carbonyl (C=O) groups is 2. The van der Waals surface area contributed by atoms with Crippen LogP contribution in [0.25, 0.3) is 0 Å². The lowest BCUT2D eigenvalue weighted by Gasteiger charge is -2.11. The Bertz CT molecular complexity index is 442. The normalized spacial score (nSPS) is 11.7. The average molecular weight is 237 g/mol. The average Bonchev–Trinajstić information content (AvgIpc) is 2.31. The molecule has 0 bridgehead atoms. The van der Waals surface area contributed by atoms with E-state index in [2.05, 4.69) is 4.74 Å². The number of benzene rings is 1. The first-order valence-electron chi connectivity index (χ1n) is 5.10. The molecule has 0 aliphatic heterocycles. The van der Waals surface area contributed by atoms with Gasteiger partial charge in [-0.2, -0.15) is 0 Å². The first-order valence-corrected chi connectivity index (χ1v) is 5.10. The molecule has 0 saturated heterocycles. The molecule has 1 rings (SSSR count). The smallest absolute Gasteiger partial charge is 0.346 e. The Labute approximate surface area is 99.5 Å². The Kier molecular flexibility index (Phi) is 4.09. The molecule has 0 radical (unpaired) electrons. The van der Waals surface area contributed by atoms with Gasteiger partial charge in [-0.3, -0.25) is 0 Å². The third-order valence-electron chi connectivity index (χ3n) is 2.32. The summed E-state index contributed by atoms with van der Waals surface area (Å²) in [5.41, 5.74) is 7.37. The van der Waals surface area contributed by atoms with Crippen molar-refractivity contribution in [3.8, 4) is 0 Å². The summed E-state index contributed by atoms with van der Waals surface area (Å²) in [5.74, 6) is -1.17. The molecule has 5 heteroatoms. The van der Waals surface area contributed by atoms with Gasteiger partial charge in [-0.25, -0.2) is 9.59 Å². The van der Waals surface area contributed by atoms with Crippen LogP contribution >= 0.6 is 0 Å². The van der Waals surface area contributed by atoms with Gasteiger partial charge >= 0.3 is 11.9 Å². The van der Waals surface area contributed by atoms with Crippen molar-refractivity contribution in [1.29, 1.82) is 0 Å². The lowest BCUT2D eigenvalue weighted by Crippen LogP contribution is -2.25. The van der Waals surface area contributed by atoms with Gasteiger partial charge in [-0.15, -0.1) is 0 Å². The monoisotopic (exact) mass is 237 g/mol. The Balaban J connectivity index is 2.76. The van der Waals surface area contributed by atoms with E-state index in [1.54, 1.807) is 25.1 Å². The Morgan fingerprint density at radius 3 is 2.53 bits per heavy atom. The number of hydrogen-bond acceptors (Lipinski definition) is 5. The Morgan fingerprint density at radius 1 is 1.35 bits per heavy atom. The summed E-state index contributed by atoms with van der Waals surface area (Å²) in [5, 5.41) is 0. The minimum atomic E-state index is -0.926. The fraction of sp³-hybridized carbons (Fsp3) is 0.333. The molecule has 0 amide bonds. The molecule has 1 unspecified atom stereocenters. The molecule has 1 atom stereocenters. The van der Waals surface area contributed by atoms with Crippen LogP contribution < -0.4 is 5.73 Å². The van der Waals surface area contributed by atoms with Crippen molar-refractivity contribution < 1.29 is 19.1 Å². The topological polar surface area (TPSA) is 78.6 Å². The number of nitrogen functional groups attached to an aromatic ring is 1. The van der Waals surface area contributed by atoms with Gasteiger partial charge in [-0.05, 0) is 37.6 Å². The zero-order valence-electron chi connectivity index (χ0n) is 10.0. The van der Waals surface area contributed by atoms with Gasteiger partial charge in [0, 0.05) is 5.69 Å². The molecule has 0 aromatic heterocycles. The number of ether oxygens (including phenoxy) is 2. The highest BCUT2D eigenvalue weighted by Gasteiger charge is 2.19. The van der Waals surface area contributed by atoms with E-state index in [4.69, 9.17) is 10.5 Å². The van der Waals surface area contributed by atoms with Crippen molar-refractivity contribution in [3.05, 3.63) is 29.3 Å². The summed E-state index contributed by atoms with van der Waals surface area (Å²) in [6, 6.07) is 4.78. The van der Waals surface area contributed by atoms with Crippen LogP contribution in [0.4, 0.5) is 5.69 Å². The van der Waals surface area contributed by atoms with E-state index in [1.807, 2.05) is 0 Å². The van der Waals surface area contributed by atoms with Crippen molar-refractivity contribution in [2.45, 2.75) is 20.0 Å². The molecule has 92 valence electrons. The van der Waals surface area contributed by atoms with Gasteiger partial charge in [0.05, 0.1) is 12.7 Å². The Morgan fingerprint density at radius 2 is 2.00 bits per heavy atom. The van der Waals surface area contributed by atoms with E-state index in [1.165, 1.54) is 14.0 Å². The molecule has 0 spiro atoms. The van der Waals surface area contributed by atoms with Crippen molar-refractivity contribution in [2.75, 3.05) is 12.8 Å². The molecule has 1 aromatic rings. The highest BCUT2D eigenvalue weighted by molar-refractivity contribution is 5.92. The van der Waals surface area contributed by atoms with E-state index < -0.39 is 18.0 Å². The van der Waals surface area contributed by atoms with Gasteiger partial charge in [0.1, 0.15) is 0 Å². The summed E-state index contributed by atoms with van der Waals surface area (Å²) < 4.78 is 9.39. The van der Waals surface area contributed by atoms with Crippen LogP contribution in [0.5, 0.6) is 0 Å². The van der Waals surface area contributed by atoms with E-state index in [0.29, 0.717) is 11.3 Å². The van der Waals surface area contributed by atoms with Crippen molar-refractivity contribution in [1.82, 2.24) is 0 Å². The van der Waals surface area contributed by atoms with Crippen LogP contribution in [0.15, 0.2) is 18.2 Å². The Hall–Kier alpha value is -2.04. The van der Waals surface area contributed by atoms with E-state index >= 15 is 0 Å². The molecule has 17 heavy (non-hydrogen) atoms. The standard InChI is InChI=1S/C12H15NO4/c1-7-6-9(4-5-10(7)13)12(15)17-8(2)11(14)16-3/h4-6,8H,13H2,1-3H3. The molecular formula is C12H15NO4. The van der Waals surface area contributed by atoms with Crippen LogP contribution in [0.3, 0.4) is 0 Å². The molecule has 0 fully saturated rings. The quantitative estimate of drug-likeness (QED) is 0.633. The summed E-state index contributed by atoms with van der Waals surface area (Å²) >= 11 is 0. The summed E-state index contributed by atoms with van der Waals surface area (Å²) in [6.07, 6.45) is -0.926. The number of esters is 2. The minimum absolute atomic E-state index is 0.354. The van der Waals surface area contributed by atoms with E-state index in [-0.39, 0.29) is 0 Å². The molecule has 0 saturated carbocycles. The number of carbonyl (C=O) groups excluding carboxylic acids is 2. The highest BCUT2D eigenvalue weighted by Crippen LogP contribution is 2.14. The highest BCUT2D eigenvalue weighted by atomic mass is 16.6. The first kappa shape index (κ1) is 13.0. The van der Waals surface area contributed by atoms with Crippen LogP contribution in [0, 0.1) is 6.92 Å². The van der Waals surface area contributed by atoms with Gasteiger partial charge < -0.3 is 15.2 Å².